The Morgan fingerprint density at radius 2 is 1.15 bits per heavy atom. The molecular formula is C41H28N6. The summed E-state index contributed by atoms with van der Waals surface area (Å²) in [5.74, 6) is 0.130. The van der Waals surface area contributed by atoms with Crippen LogP contribution >= 0.6 is 0 Å². The first-order chi connectivity index (χ1) is 23.3. The van der Waals surface area contributed by atoms with Gasteiger partial charge >= 0.3 is 0 Å². The minimum atomic E-state index is 0.0210. The third kappa shape index (κ3) is 4.87. The Bertz CT molecular complexity index is 2310. The highest BCUT2D eigenvalue weighted by molar-refractivity contribution is 6.14. The molecule has 0 radical (unpaired) electrons. The summed E-state index contributed by atoms with van der Waals surface area (Å²) in [6.07, 6.45) is 14.3. The van der Waals surface area contributed by atoms with Crippen LogP contribution in [0.2, 0.25) is 0 Å². The first-order valence-corrected chi connectivity index (χ1v) is 15.7. The van der Waals surface area contributed by atoms with E-state index in [1.165, 1.54) is 0 Å². The molecule has 2 aliphatic rings. The Balaban J connectivity index is 1.14. The Morgan fingerprint density at radius 1 is 0.511 bits per heavy atom. The number of nitrogens with zero attached hydrogens (tertiary/aromatic N) is 6. The fraction of sp³-hybridized carbons (Fsp3) is 0.0488. The van der Waals surface area contributed by atoms with Gasteiger partial charge in [0, 0.05) is 30.1 Å². The number of imidazole rings is 1. The monoisotopic (exact) mass is 604 g/mol. The maximum atomic E-state index is 5.31. The molecule has 2 aromatic carbocycles. The predicted molar refractivity (Wildman–Crippen MR) is 187 cm³/mol. The second-order valence-corrected chi connectivity index (χ2v) is 11.8. The summed E-state index contributed by atoms with van der Waals surface area (Å²) in [5, 5.41) is 0. The van der Waals surface area contributed by atoms with Crippen LogP contribution in [0.15, 0.2) is 163 Å². The summed E-state index contributed by atoms with van der Waals surface area (Å²) < 4.78 is 2.17. The Kier molecular flexibility index (Phi) is 6.49. The van der Waals surface area contributed by atoms with Gasteiger partial charge in [-0.25, -0.2) is 9.97 Å². The first-order valence-electron chi connectivity index (χ1n) is 15.7. The average Bonchev–Trinajstić information content (AvgIpc) is 3.55. The number of pyridine rings is 4. The minimum Gasteiger partial charge on any atom is -0.298 e. The molecule has 6 heterocycles. The van der Waals surface area contributed by atoms with Crippen molar-refractivity contribution in [1.82, 2.24) is 24.3 Å². The number of aromatic nitrogens is 5. The molecule has 222 valence electrons. The molecule has 0 fully saturated rings. The van der Waals surface area contributed by atoms with Crippen LogP contribution in [-0.4, -0.2) is 36.1 Å². The highest BCUT2D eigenvalue weighted by atomic mass is 15.1. The maximum Gasteiger partial charge on any atom is 0.137 e. The van der Waals surface area contributed by atoms with E-state index in [0.717, 1.165) is 73.3 Å². The minimum absolute atomic E-state index is 0.0210. The van der Waals surface area contributed by atoms with Crippen molar-refractivity contribution < 1.29 is 0 Å². The van der Waals surface area contributed by atoms with Crippen molar-refractivity contribution in [1.29, 1.82) is 0 Å². The van der Waals surface area contributed by atoms with E-state index in [9.17, 15) is 0 Å². The lowest BCUT2D eigenvalue weighted by molar-refractivity contribution is 0.686. The lowest BCUT2D eigenvalue weighted by Crippen LogP contribution is -2.26. The Hall–Kier alpha value is -6.27. The number of aliphatic imine (C=N–C) groups is 1. The lowest BCUT2D eigenvalue weighted by atomic mass is 9.86. The molecule has 0 N–H and O–H groups in total. The van der Waals surface area contributed by atoms with Gasteiger partial charge in [-0.2, -0.15) is 0 Å². The van der Waals surface area contributed by atoms with Crippen LogP contribution in [0.25, 0.3) is 50.7 Å². The van der Waals surface area contributed by atoms with Gasteiger partial charge in [0.15, 0.2) is 0 Å². The number of allylic oxidation sites excluding steroid dienone is 2. The molecule has 6 heteroatoms. The van der Waals surface area contributed by atoms with Crippen molar-refractivity contribution in [2.45, 2.75) is 12.0 Å². The molecule has 0 spiro atoms. The summed E-state index contributed by atoms with van der Waals surface area (Å²) in [7, 11) is 0. The summed E-state index contributed by atoms with van der Waals surface area (Å²) in [6.45, 7) is 0. The molecule has 0 amide bonds. The Morgan fingerprint density at radius 3 is 1.85 bits per heavy atom. The highest BCUT2D eigenvalue weighted by Gasteiger charge is 2.33. The van der Waals surface area contributed by atoms with Gasteiger partial charge in [-0.1, -0.05) is 78.9 Å². The van der Waals surface area contributed by atoms with Gasteiger partial charge in [0.25, 0.3) is 0 Å². The quantitative estimate of drug-likeness (QED) is 0.197. The van der Waals surface area contributed by atoms with Crippen molar-refractivity contribution in [3.8, 4) is 45.0 Å². The second kappa shape index (κ2) is 11.3. The van der Waals surface area contributed by atoms with Gasteiger partial charge in [0.05, 0.1) is 45.9 Å². The number of hydrogen-bond donors (Lipinski definition) is 0. The Labute approximate surface area is 272 Å². The van der Waals surface area contributed by atoms with E-state index < -0.39 is 0 Å². The van der Waals surface area contributed by atoms with Crippen LogP contribution in [0.3, 0.4) is 0 Å². The molecular weight excluding hydrogens is 576 g/mol. The molecule has 5 aromatic heterocycles. The molecule has 47 heavy (non-hydrogen) atoms. The lowest BCUT2D eigenvalue weighted by Gasteiger charge is -2.27. The highest BCUT2D eigenvalue weighted by Crippen LogP contribution is 2.37. The first kappa shape index (κ1) is 27.1. The molecule has 1 aliphatic heterocycles. The molecule has 9 rings (SSSR count). The van der Waals surface area contributed by atoms with E-state index in [0.29, 0.717) is 0 Å². The second-order valence-electron chi connectivity index (χ2n) is 11.8. The third-order valence-electron chi connectivity index (χ3n) is 8.83. The topological polar surface area (TPSA) is 68.3 Å². The SMILES string of the molecule is C1=CC2N=C(c3cccc(-c4cccc(-c5cc(-c6ccccn6)nc(-c6ccccn6)c5)c4)c3)c3c(nc4ccccn34)C2C=C1. The molecule has 0 saturated carbocycles. The summed E-state index contributed by atoms with van der Waals surface area (Å²) >= 11 is 0. The van der Waals surface area contributed by atoms with Gasteiger partial charge in [-0.05, 0) is 82.9 Å². The van der Waals surface area contributed by atoms with Crippen LogP contribution in [0, 0.1) is 0 Å². The molecule has 2 atom stereocenters. The van der Waals surface area contributed by atoms with Gasteiger partial charge < -0.3 is 0 Å². The zero-order chi connectivity index (χ0) is 31.2. The van der Waals surface area contributed by atoms with E-state index >= 15 is 0 Å². The number of rotatable bonds is 5. The maximum absolute atomic E-state index is 5.31. The average molecular weight is 605 g/mol. The molecule has 0 saturated heterocycles. The van der Waals surface area contributed by atoms with E-state index in [2.05, 4.69) is 118 Å². The standard InChI is InChI=1S/C41H28N6/c1-2-16-33-32(15-1)40-41(47-22-8-5-19-38(47)46-40)39(45-33)30-14-10-12-28(24-30)27-11-9-13-29(23-27)31-25-36(34-17-3-6-20-42-34)44-37(26-31)35-18-4-7-21-43-35/h1-26,32-33H. The van der Waals surface area contributed by atoms with Crippen LogP contribution in [0.5, 0.6) is 0 Å². The van der Waals surface area contributed by atoms with Gasteiger partial charge in [0.1, 0.15) is 5.65 Å². The van der Waals surface area contributed by atoms with Crippen LogP contribution in [0.1, 0.15) is 22.9 Å². The predicted octanol–water partition coefficient (Wildman–Crippen LogP) is 8.62. The van der Waals surface area contributed by atoms with E-state index in [1.807, 2.05) is 42.5 Å². The van der Waals surface area contributed by atoms with Crippen LogP contribution in [0.4, 0.5) is 0 Å². The molecule has 1 aliphatic carbocycles. The van der Waals surface area contributed by atoms with Crippen molar-refractivity contribution in [3.63, 3.8) is 0 Å². The van der Waals surface area contributed by atoms with Crippen LogP contribution < -0.4 is 0 Å². The van der Waals surface area contributed by atoms with Crippen molar-refractivity contribution in [3.05, 3.63) is 175 Å². The zero-order valence-electron chi connectivity index (χ0n) is 25.3. The van der Waals surface area contributed by atoms with Crippen molar-refractivity contribution in [2.75, 3.05) is 0 Å². The fourth-order valence-corrected chi connectivity index (χ4v) is 6.59. The van der Waals surface area contributed by atoms with Crippen LogP contribution in [-0.2, 0) is 0 Å². The van der Waals surface area contributed by atoms with Crippen molar-refractivity contribution >= 4 is 11.4 Å². The molecule has 0 bridgehead atoms. The summed E-state index contributed by atoms with van der Waals surface area (Å²) in [4.78, 5) is 24.5. The van der Waals surface area contributed by atoms with Gasteiger partial charge in [0.2, 0.25) is 0 Å². The largest absolute Gasteiger partial charge is 0.298 e. The third-order valence-corrected chi connectivity index (χ3v) is 8.83. The van der Waals surface area contributed by atoms with Gasteiger partial charge in [-0.3, -0.25) is 19.4 Å². The number of fused-ring (bicyclic) bond motifs is 5. The van der Waals surface area contributed by atoms with Crippen molar-refractivity contribution in [2.24, 2.45) is 4.99 Å². The summed E-state index contributed by atoms with van der Waals surface area (Å²) in [5.41, 5.74) is 12.7. The van der Waals surface area contributed by atoms with E-state index in [1.54, 1.807) is 12.4 Å². The van der Waals surface area contributed by atoms with E-state index in [4.69, 9.17) is 15.0 Å². The van der Waals surface area contributed by atoms with Gasteiger partial charge in [-0.15, -0.1) is 0 Å². The summed E-state index contributed by atoms with van der Waals surface area (Å²) in [6, 6.07) is 39.5. The van der Waals surface area contributed by atoms with E-state index in [-0.39, 0.29) is 12.0 Å². The molecule has 7 aromatic rings. The fourth-order valence-electron chi connectivity index (χ4n) is 6.59. The number of benzene rings is 2. The normalized spacial score (nSPS) is 16.5. The zero-order valence-corrected chi connectivity index (χ0v) is 25.3. The molecule has 2 unspecified atom stereocenters. The smallest absolute Gasteiger partial charge is 0.137 e. The number of hydrogen-bond acceptors (Lipinski definition) is 5. The molecule has 6 nitrogen and oxygen atoms in total.